The monoisotopic (exact) mass is 537 g/mol. The number of carbonyl (C=O) groups is 2. The van der Waals surface area contributed by atoms with Crippen molar-refractivity contribution >= 4 is 39.1 Å². The number of para-hydroxylation sites is 2. The van der Waals surface area contributed by atoms with E-state index in [9.17, 15) is 18.0 Å². The van der Waals surface area contributed by atoms with Crippen molar-refractivity contribution in [3.63, 3.8) is 0 Å². The highest BCUT2D eigenvalue weighted by Gasteiger charge is 2.27. The van der Waals surface area contributed by atoms with Gasteiger partial charge in [0.1, 0.15) is 11.8 Å². The zero-order valence-electron chi connectivity index (χ0n) is 21.5. The lowest BCUT2D eigenvalue weighted by molar-refractivity contribution is -0.140. The first kappa shape index (κ1) is 29.5. The molecule has 0 saturated heterocycles. The third-order valence-corrected chi connectivity index (χ3v) is 7.37. The van der Waals surface area contributed by atoms with E-state index in [1.807, 2.05) is 26.0 Å². The molecule has 8 nitrogen and oxygen atoms in total. The van der Waals surface area contributed by atoms with Crippen LogP contribution in [0.25, 0.3) is 0 Å². The summed E-state index contributed by atoms with van der Waals surface area (Å²) in [4.78, 5) is 27.7. The fourth-order valence-corrected chi connectivity index (χ4v) is 4.75. The van der Waals surface area contributed by atoms with Crippen molar-refractivity contribution in [2.75, 3.05) is 24.2 Å². The molecule has 0 bridgehead atoms. The van der Waals surface area contributed by atoms with Gasteiger partial charge in [-0.25, -0.2) is 8.42 Å². The second-order valence-electron chi connectivity index (χ2n) is 8.75. The highest BCUT2D eigenvalue weighted by molar-refractivity contribution is 7.92. The number of methoxy groups -OCH3 is 1. The van der Waals surface area contributed by atoms with Crippen LogP contribution in [0.4, 0.5) is 5.69 Å². The van der Waals surface area contributed by atoms with Crippen molar-refractivity contribution < 1.29 is 22.7 Å². The molecule has 0 aliphatic carbocycles. The van der Waals surface area contributed by atoms with E-state index < -0.39 is 16.1 Å². The Bertz CT molecular complexity index is 1120. The average Bonchev–Trinajstić information content (AvgIpc) is 2.84. The molecule has 2 aromatic carbocycles. The van der Waals surface area contributed by atoms with E-state index in [1.165, 1.54) is 16.3 Å². The van der Waals surface area contributed by atoms with Crippen LogP contribution in [0.5, 0.6) is 5.75 Å². The van der Waals surface area contributed by atoms with Crippen molar-refractivity contribution in [3.05, 3.63) is 59.1 Å². The molecule has 36 heavy (non-hydrogen) atoms. The van der Waals surface area contributed by atoms with Crippen LogP contribution in [0.2, 0.25) is 5.02 Å². The summed E-state index contributed by atoms with van der Waals surface area (Å²) in [6, 6.07) is 13.2. The van der Waals surface area contributed by atoms with Gasteiger partial charge in [-0.3, -0.25) is 13.9 Å². The lowest BCUT2D eigenvalue weighted by Crippen LogP contribution is -2.49. The Balaban J connectivity index is 2.19. The van der Waals surface area contributed by atoms with Gasteiger partial charge in [0.25, 0.3) is 0 Å². The van der Waals surface area contributed by atoms with Gasteiger partial charge in [-0.15, -0.1) is 0 Å². The molecule has 0 aliphatic rings. The maximum Gasteiger partial charge on any atom is 0.242 e. The standard InChI is InChI=1S/C26H36ClN3O5S/c1-6-19(2)28-26(32)20(3)29(18-21-13-15-22(27)16-14-21)25(31)12-9-17-30(36(5,33)34)23-10-7-8-11-24(23)35-4/h7-8,10-11,13-16,19-20H,6,9,12,17-18H2,1-5H3,(H,28,32)/t19-,20+/m1/s1. The van der Waals surface area contributed by atoms with E-state index in [0.717, 1.165) is 18.2 Å². The Kier molecular flexibility index (Phi) is 11.0. The molecule has 2 aromatic rings. The van der Waals surface area contributed by atoms with Crippen LogP contribution < -0.4 is 14.4 Å². The van der Waals surface area contributed by atoms with E-state index in [-0.39, 0.29) is 43.8 Å². The Morgan fingerprint density at radius 2 is 1.72 bits per heavy atom. The minimum absolute atomic E-state index is 0.0170. The van der Waals surface area contributed by atoms with Crippen LogP contribution in [0.1, 0.15) is 45.6 Å². The van der Waals surface area contributed by atoms with Crippen LogP contribution in [0.15, 0.2) is 48.5 Å². The fraction of sp³-hybridized carbons (Fsp3) is 0.462. The summed E-state index contributed by atoms with van der Waals surface area (Å²) in [5.41, 5.74) is 1.25. The highest BCUT2D eigenvalue weighted by Crippen LogP contribution is 2.29. The SMILES string of the molecule is CC[C@@H](C)NC(=O)[C@H](C)N(Cc1ccc(Cl)cc1)C(=O)CCCN(c1ccccc1OC)S(C)(=O)=O. The first-order valence-corrected chi connectivity index (χ1v) is 14.2. The number of rotatable bonds is 13. The van der Waals surface area contributed by atoms with Crippen molar-refractivity contribution in [1.29, 1.82) is 0 Å². The maximum absolute atomic E-state index is 13.3. The Morgan fingerprint density at radius 1 is 1.08 bits per heavy atom. The highest BCUT2D eigenvalue weighted by atomic mass is 35.5. The summed E-state index contributed by atoms with van der Waals surface area (Å²) in [7, 11) is -2.14. The molecule has 0 spiro atoms. The number of nitrogens with one attached hydrogen (secondary N) is 1. The second-order valence-corrected chi connectivity index (χ2v) is 11.1. The van der Waals surface area contributed by atoms with Gasteiger partial charge in [-0.1, -0.05) is 42.8 Å². The van der Waals surface area contributed by atoms with Gasteiger partial charge < -0.3 is 15.0 Å². The molecule has 0 unspecified atom stereocenters. The largest absolute Gasteiger partial charge is 0.495 e. The molecular formula is C26H36ClN3O5S. The van der Waals surface area contributed by atoms with Crippen LogP contribution in [0.3, 0.4) is 0 Å². The smallest absolute Gasteiger partial charge is 0.242 e. The molecule has 198 valence electrons. The number of anilines is 1. The van der Waals surface area contributed by atoms with Crippen molar-refractivity contribution in [3.8, 4) is 5.75 Å². The van der Waals surface area contributed by atoms with Gasteiger partial charge in [0.05, 0.1) is 19.1 Å². The predicted octanol–water partition coefficient (Wildman–Crippen LogP) is 4.23. The van der Waals surface area contributed by atoms with Crippen molar-refractivity contribution in [2.24, 2.45) is 0 Å². The second kappa shape index (κ2) is 13.5. The van der Waals surface area contributed by atoms with Gasteiger partial charge in [-0.2, -0.15) is 0 Å². The quantitative estimate of drug-likeness (QED) is 0.412. The normalized spacial score (nSPS) is 12.9. The molecule has 0 fully saturated rings. The van der Waals surface area contributed by atoms with Crippen LogP contribution in [-0.2, 0) is 26.2 Å². The average molecular weight is 538 g/mol. The number of benzene rings is 2. The zero-order chi connectivity index (χ0) is 26.9. The van der Waals surface area contributed by atoms with E-state index in [2.05, 4.69) is 5.32 Å². The molecule has 0 aliphatic heterocycles. The number of ether oxygens (including phenoxy) is 1. The molecular weight excluding hydrogens is 502 g/mol. The molecule has 2 atom stereocenters. The van der Waals surface area contributed by atoms with Crippen LogP contribution >= 0.6 is 11.6 Å². The number of carbonyl (C=O) groups excluding carboxylic acids is 2. The number of hydrogen-bond acceptors (Lipinski definition) is 5. The Hall–Kier alpha value is -2.78. The summed E-state index contributed by atoms with van der Waals surface area (Å²) in [5.74, 6) is -0.0577. The zero-order valence-corrected chi connectivity index (χ0v) is 23.1. The van der Waals surface area contributed by atoms with Crippen LogP contribution in [-0.4, -0.2) is 57.1 Å². The van der Waals surface area contributed by atoms with E-state index in [1.54, 1.807) is 43.3 Å². The molecule has 0 radical (unpaired) electrons. The van der Waals surface area contributed by atoms with Gasteiger partial charge in [0, 0.05) is 30.6 Å². The lowest BCUT2D eigenvalue weighted by Gasteiger charge is -2.30. The molecule has 0 aromatic heterocycles. The summed E-state index contributed by atoms with van der Waals surface area (Å²) < 4.78 is 31.6. The number of amides is 2. The first-order valence-electron chi connectivity index (χ1n) is 11.9. The number of sulfonamides is 1. The topological polar surface area (TPSA) is 96.0 Å². The first-order chi connectivity index (χ1) is 17.0. The summed E-state index contributed by atoms with van der Waals surface area (Å²) >= 11 is 6.00. The number of hydrogen-bond donors (Lipinski definition) is 1. The molecule has 10 heteroatoms. The van der Waals surface area contributed by atoms with Crippen molar-refractivity contribution in [1.82, 2.24) is 10.2 Å². The van der Waals surface area contributed by atoms with Crippen molar-refractivity contribution in [2.45, 2.75) is 58.7 Å². The lowest BCUT2D eigenvalue weighted by atomic mass is 10.1. The summed E-state index contributed by atoms with van der Waals surface area (Å²) in [6.07, 6.45) is 2.22. The number of nitrogens with zero attached hydrogens (tertiary/aromatic N) is 2. The Labute approximate surface area is 219 Å². The van der Waals surface area contributed by atoms with E-state index in [4.69, 9.17) is 16.3 Å². The van der Waals surface area contributed by atoms with E-state index >= 15 is 0 Å². The summed E-state index contributed by atoms with van der Waals surface area (Å²) in [5, 5.41) is 3.51. The minimum atomic E-state index is -3.62. The molecule has 0 saturated carbocycles. The molecule has 2 amide bonds. The molecule has 1 N–H and O–H groups in total. The van der Waals surface area contributed by atoms with Crippen LogP contribution in [0, 0.1) is 0 Å². The molecule has 0 heterocycles. The number of halogens is 1. The van der Waals surface area contributed by atoms with Gasteiger partial charge in [-0.05, 0) is 56.5 Å². The summed E-state index contributed by atoms with van der Waals surface area (Å²) in [6.45, 7) is 5.90. The third-order valence-electron chi connectivity index (χ3n) is 5.94. The maximum atomic E-state index is 13.3. The fourth-order valence-electron chi connectivity index (χ4n) is 3.65. The van der Waals surface area contributed by atoms with Gasteiger partial charge in [0.2, 0.25) is 21.8 Å². The van der Waals surface area contributed by atoms with E-state index in [0.29, 0.717) is 16.5 Å². The Morgan fingerprint density at radius 3 is 2.31 bits per heavy atom. The predicted molar refractivity (Wildman–Crippen MR) is 144 cm³/mol. The van der Waals surface area contributed by atoms with Gasteiger partial charge >= 0.3 is 0 Å². The van der Waals surface area contributed by atoms with Gasteiger partial charge in [0.15, 0.2) is 0 Å². The third kappa shape index (κ3) is 8.41. The minimum Gasteiger partial charge on any atom is -0.495 e. The molecule has 2 rings (SSSR count).